The summed E-state index contributed by atoms with van der Waals surface area (Å²) in [7, 11) is 0. The van der Waals surface area contributed by atoms with Gasteiger partial charge in [-0.15, -0.1) is 11.3 Å². The van der Waals surface area contributed by atoms with E-state index in [1.54, 1.807) is 17.5 Å². The molecule has 3 rings (SSSR count). The van der Waals surface area contributed by atoms with E-state index >= 15 is 0 Å². The molecule has 7 heteroatoms. The molecule has 1 heterocycles. The normalized spacial score (nSPS) is 11.7. The van der Waals surface area contributed by atoms with Crippen molar-refractivity contribution < 1.29 is 18.7 Å². The number of halogens is 1. The Kier molecular flexibility index (Phi) is 6.39. The van der Waals surface area contributed by atoms with Crippen LogP contribution in [0, 0.1) is 19.7 Å². The predicted molar refractivity (Wildman–Crippen MR) is 110 cm³/mol. The number of carbonyl (C=O) groups is 2. The van der Waals surface area contributed by atoms with Crippen LogP contribution in [0.15, 0.2) is 47.8 Å². The number of carbonyl (C=O) groups excluding carboxylic acids is 2. The third-order valence-corrected chi connectivity index (χ3v) is 5.44. The molecule has 150 valence electrons. The minimum absolute atomic E-state index is 0.115. The van der Waals surface area contributed by atoms with Crippen LogP contribution in [0.4, 0.5) is 4.39 Å². The molecule has 0 aliphatic heterocycles. The Hall–Kier alpha value is -3.06. The van der Waals surface area contributed by atoms with Crippen molar-refractivity contribution in [2.45, 2.75) is 26.8 Å². The number of amides is 1. The fourth-order valence-electron chi connectivity index (χ4n) is 2.70. The highest BCUT2D eigenvalue weighted by Gasteiger charge is 2.16. The van der Waals surface area contributed by atoms with Gasteiger partial charge in [-0.2, -0.15) is 0 Å². The number of nitrogens with one attached hydrogen (secondary N) is 1. The Morgan fingerprint density at radius 1 is 1.14 bits per heavy atom. The van der Waals surface area contributed by atoms with E-state index in [-0.39, 0.29) is 17.6 Å². The molecule has 1 atom stereocenters. The zero-order valence-corrected chi connectivity index (χ0v) is 17.2. The fraction of sp³-hybridized carbons (Fsp3) is 0.227. The Morgan fingerprint density at radius 2 is 1.86 bits per heavy atom. The average Bonchev–Trinajstić information content (AvgIpc) is 3.19. The number of thiazole rings is 1. The average molecular weight is 412 g/mol. The molecule has 0 saturated heterocycles. The van der Waals surface area contributed by atoms with E-state index in [0.717, 1.165) is 11.1 Å². The van der Waals surface area contributed by atoms with Gasteiger partial charge in [0.25, 0.3) is 5.91 Å². The Balaban J connectivity index is 1.54. The first-order valence-corrected chi connectivity index (χ1v) is 9.96. The van der Waals surface area contributed by atoms with Crippen molar-refractivity contribution in [2.24, 2.45) is 0 Å². The van der Waals surface area contributed by atoms with Crippen molar-refractivity contribution in [2.75, 3.05) is 6.61 Å². The number of rotatable bonds is 6. The smallest absolute Gasteiger partial charge is 0.358 e. The quantitative estimate of drug-likeness (QED) is 0.601. The summed E-state index contributed by atoms with van der Waals surface area (Å²) in [5.74, 6) is -1.41. The van der Waals surface area contributed by atoms with Gasteiger partial charge in [0.05, 0.1) is 6.04 Å². The molecule has 1 N–H and O–H groups in total. The molecule has 29 heavy (non-hydrogen) atoms. The second-order valence-electron chi connectivity index (χ2n) is 6.75. The van der Waals surface area contributed by atoms with Gasteiger partial charge < -0.3 is 10.1 Å². The monoisotopic (exact) mass is 412 g/mol. The summed E-state index contributed by atoms with van der Waals surface area (Å²) in [5, 5.41) is 4.94. The standard InChI is InChI=1S/C22H21FN2O3S/c1-13-4-5-17(10-14(13)2)15(3)24-20(26)11-28-22(27)19-12-29-21(25-19)16-6-8-18(23)9-7-16/h4-10,12,15H,11H2,1-3H3,(H,24,26)/t15-/m0/s1. The van der Waals surface area contributed by atoms with Crippen LogP contribution in [-0.4, -0.2) is 23.5 Å². The lowest BCUT2D eigenvalue weighted by atomic mass is 10.0. The maximum Gasteiger partial charge on any atom is 0.358 e. The number of ether oxygens (including phenoxy) is 1. The molecule has 0 aliphatic rings. The number of aryl methyl sites for hydroxylation is 2. The zero-order chi connectivity index (χ0) is 21.0. The van der Waals surface area contributed by atoms with Gasteiger partial charge in [-0.1, -0.05) is 18.2 Å². The van der Waals surface area contributed by atoms with Crippen molar-refractivity contribution in [3.8, 4) is 10.6 Å². The van der Waals surface area contributed by atoms with Gasteiger partial charge in [0.1, 0.15) is 10.8 Å². The zero-order valence-electron chi connectivity index (χ0n) is 16.4. The molecule has 0 saturated carbocycles. The summed E-state index contributed by atoms with van der Waals surface area (Å²) in [6.07, 6.45) is 0. The summed E-state index contributed by atoms with van der Waals surface area (Å²) in [6.45, 7) is 5.53. The van der Waals surface area contributed by atoms with Crippen molar-refractivity contribution in [1.29, 1.82) is 0 Å². The van der Waals surface area contributed by atoms with Crippen LogP contribution in [-0.2, 0) is 9.53 Å². The highest BCUT2D eigenvalue weighted by Crippen LogP contribution is 2.24. The lowest BCUT2D eigenvalue weighted by molar-refractivity contribution is -0.124. The van der Waals surface area contributed by atoms with Crippen LogP contribution >= 0.6 is 11.3 Å². The van der Waals surface area contributed by atoms with Crippen molar-refractivity contribution >= 4 is 23.2 Å². The van der Waals surface area contributed by atoms with E-state index in [2.05, 4.69) is 10.3 Å². The maximum atomic E-state index is 13.0. The molecule has 0 fully saturated rings. The van der Waals surface area contributed by atoms with Crippen molar-refractivity contribution in [1.82, 2.24) is 10.3 Å². The molecule has 0 radical (unpaired) electrons. The number of esters is 1. The number of hydrogen-bond acceptors (Lipinski definition) is 5. The molecule has 3 aromatic rings. The molecule has 2 aromatic carbocycles. The van der Waals surface area contributed by atoms with Gasteiger partial charge >= 0.3 is 5.97 Å². The topological polar surface area (TPSA) is 68.3 Å². The number of nitrogens with zero attached hydrogens (tertiary/aromatic N) is 1. The highest BCUT2D eigenvalue weighted by molar-refractivity contribution is 7.13. The maximum absolute atomic E-state index is 13.0. The Labute approximate surface area is 172 Å². The second-order valence-corrected chi connectivity index (χ2v) is 7.61. The molecule has 0 bridgehead atoms. The Morgan fingerprint density at radius 3 is 2.55 bits per heavy atom. The van der Waals surface area contributed by atoms with E-state index in [9.17, 15) is 14.0 Å². The summed E-state index contributed by atoms with van der Waals surface area (Å²) in [6, 6.07) is 11.6. The first kappa shape index (κ1) is 20.7. The molecular weight excluding hydrogens is 391 g/mol. The number of hydrogen-bond donors (Lipinski definition) is 1. The van der Waals surface area contributed by atoms with E-state index in [1.165, 1.54) is 29.0 Å². The molecular formula is C22H21FN2O3S. The van der Waals surface area contributed by atoms with E-state index in [1.807, 2.05) is 39.0 Å². The first-order chi connectivity index (χ1) is 13.8. The van der Waals surface area contributed by atoms with Crippen LogP contribution in [0.1, 0.15) is 40.1 Å². The molecule has 5 nitrogen and oxygen atoms in total. The Bertz CT molecular complexity index is 1030. The van der Waals surface area contributed by atoms with E-state index in [0.29, 0.717) is 10.6 Å². The van der Waals surface area contributed by atoms with Gasteiger partial charge in [-0.25, -0.2) is 14.2 Å². The summed E-state index contributed by atoms with van der Waals surface area (Å²) >= 11 is 1.25. The summed E-state index contributed by atoms with van der Waals surface area (Å²) < 4.78 is 18.1. The number of benzene rings is 2. The molecule has 1 amide bonds. The lowest BCUT2D eigenvalue weighted by Gasteiger charge is -2.15. The first-order valence-electron chi connectivity index (χ1n) is 9.08. The second kappa shape index (κ2) is 8.96. The van der Waals surface area contributed by atoms with Gasteiger partial charge in [0.2, 0.25) is 0 Å². The molecule has 0 aliphatic carbocycles. The van der Waals surface area contributed by atoms with Gasteiger partial charge in [-0.3, -0.25) is 4.79 Å². The minimum atomic E-state index is -0.677. The van der Waals surface area contributed by atoms with Gasteiger partial charge in [0.15, 0.2) is 12.3 Å². The molecule has 0 spiro atoms. The van der Waals surface area contributed by atoms with Gasteiger partial charge in [0, 0.05) is 10.9 Å². The van der Waals surface area contributed by atoms with Crippen LogP contribution < -0.4 is 5.32 Å². The predicted octanol–water partition coefficient (Wildman–Crippen LogP) is 4.60. The van der Waals surface area contributed by atoms with Crippen LogP contribution in [0.5, 0.6) is 0 Å². The van der Waals surface area contributed by atoms with Crippen LogP contribution in [0.2, 0.25) is 0 Å². The molecule has 0 unspecified atom stereocenters. The van der Waals surface area contributed by atoms with E-state index < -0.39 is 18.5 Å². The van der Waals surface area contributed by atoms with Crippen LogP contribution in [0.25, 0.3) is 10.6 Å². The van der Waals surface area contributed by atoms with Crippen molar-refractivity contribution in [3.63, 3.8) is 0 Å². The van der Waals surface area contributed by atoms with Gasteiger partial charge in [-0.05, 0) is 61.7 Å². The minimum Gasteiger partial charge on any atom is -0.451 e. The van der Waals surface area contributed by atoms with E-state index in [4.69, 9.17) is 4.74 Å². The highest BCUT2D eigenvalue weighted by atomic mass is 32.1. The third kappa shape index (κ3) is 5.26. The third-order valence-electron chi connectivity index (χ3n) is 4.55. The van der Waals surface area contributed by atoms with Crippen LogP contribution in [0.3, 0.4) is 0 Å². The largest absolute Gasteiger partial charge is 0.451 e. The molecule has 1 aromatic heterocycles. The SMILES string of the molecule is Cc1ccc([C@H](C)NC(=O)COC(=O)c2csc(-c3ccc(F)cc3)n2)cc1C. The van der Waals surface area contributed by atoms with Crippen molar-refractivity contribution in [3.05, 3.63) is 76.0 Å². The summed E-state index contributed by atoms with van der Waals surface area (Å²) in [5.41, 5.74) is 4.14. The summed E-state index contributed by atoms with van der Waals surface area (Å²) in [4.78, 5) is 28.5. The number of aromatic nitrogens is 1. The lowest BCUT2D eigenvalue weighted by Crippen LogP contribution is -2.31. The fourth-order valence-corrected chi connectivity index (χ4v) is 3.49.